The zero-order chi connectivity index (χ0) is 15.1. The number of nitrogens with zero attached hydrogens (tertiary/aromatic N) is 1. The molecule has 0 aromatic carbocycles. The molecule has 20 heavy (non-hydrogen) atoms. The van der Waals surface area contributed by atoms with Crippen LogP contribution in [0.4, 0.5) is 0 Å². The van der Waals surface area contributed by atoms with Crippen molar-refractivity contribution in [3.63, 3.8) is 0 Å². The van der Waals surface area contributed by atoms with Gasteiger partial charge in [-0.25, -0.2) is 9.78 Å². The van der Waals surface area contributed by atoms with Crippen LogP contribution in [-0.4, -0.2) is 33.8 Å². The Kier molecular flexibility index (Phi) is 7.01. The van der Waals surface area contributed by atoms with Crippen LogP contribution in [-0.2, 0) is 15.3 Å². The van der Waals surface area contributed by atoms with E-state index in [1.54, 1.807) is 11.3 Å². The lowest BCUT2D eigenvalue weighted by Crippen LogP contribution is -2.45. The van der Waals surface area contributed by atoms with E-state index in [0.717, 1.165) is 10.7 Å². The predicted molar refractivity (Wildman–Crippen MR) is 82.0 cm³/mol. The molecule has 0 saturated heterocycles. The van der Waals surface area contributed by atoms with Crippen LogP contribution in [0.15, 0.2) is 5.38 Å². The molecule has 1 rings (SSSR count). The Morgan fingerprint density at radius 3 is 2.75 bits per heavy atom. The van der Waals surface area contributed by atoms with E-state index < -0.39 is 12.0 Å². The van der Waals surface area contributed by atoms with Gasteiger partial charge in [0.15, 0.2) is 0 Å². The van der Waals surface area contributed by atoms with Crippen molar-refractivity contribution >= 4 is 35.0 Å². The van der Waals surface area contributed by atoms with Gasteiger partial charge in [0.1, 0.15) is 6.04 Å². The number of hydrogen-bond donors (Lipinski definition) is 2. The van der Waals surface area contributed by atoms with Gasteiger partial charge in [-0.1, -0.05) is 20.3 Å². The molecule has 0 saturated carbocycles. The summed E-state index contributed by atoms with van der Waals surface area (Å²) in [6, 6.07) is -0.811. The normalized spacial score (nSPS) is 13.8. The van der Waals surface area contributed by atoms with Gasteiger partial charge in [0, 0.05) is 11.1 Å². The Hall–Kier alpha value is -1.08. The van der Waals surface area contributed by atoms with Gasteiger partial charge in [0.05, 0.1) is 16.5 Å². The molecule has 1 aromatic heterocycles. The fraction of sp³-hybridized carbons (Fsp3) is 0.615. The van der Waals surface area contributed by atoms with Gasteiger partial charge in [0.2, 0.25) is 5.91 Å². The van der Waals surface area contributed by atoms with Crippen LogP contribution >= 0.6 is 23.1 Å². The summed E-state index contributed by atoms with van der Waals surface area (Å²) in [6.45, 7) is 5.67. The van der Waals surface area contributed by atoms with Crippen molar-refractivity contribution in [3.8, 4) is 0 Å². The second-order valence-electron chi connectivity index (χ2n) is 4.62. The molecule has 2 N–H and O–H groups in total. The van der Waals surface area contributed by atoms with E-state index in [0.29, 0.717) is 12.2 Å². The Balaban J connectivity index is 2.36. The average molecular weight is 316 g/mol. The number of carbonyl (C=O) groups is 2. The minimum Gasteiger partial charge on any atom is -0.480 e. The number of aliphatic carboxylic acids is 1. The smallest absolute Gasteiger partial charge is 0.326 e. The van der Waals surface area contributed by atoms with E-state index in [1.165, 1.54) is 11.8 Å². The molecule has 0 bridgehead atoms. The maximum Gasteiger partial charge on any atom is 0.326 e. The Bertz CT molecular complexity index is 462. The first-order valence-corrected chi connectivity index (χ1v) is 8.48. The first-order valence-electron chi connectivity index (χ1n) is 6.45. The molecule has 0 spiro atoms. The summed E-state index contributed by atoms with van der Waals surface area (Å²) in [6.07, 6.45) is 0.711. The highest BCUT2D eigenvalue weighted by Gasteiger charge is 2.24. The van der Waals surface area contributed by atoms with Crippen molar-refractivity contribution < 1.29 is 14.7 Å². The third-order valence-corrected chi connectivity index (χ3v) is 4.73. The van der Waals surface area contributed by atoms with Crippen LogP contribution in [0.25, 0.3) is 0 Å². The highest BCUT2D eigenvalue weighted by molar-refractivity contribution is 7.99. The Morgan fingerprint density at radius 2 is 2.25 bits per heavy atom. The number of carboxylic acid groups (broad SMARTS) is 1. The van der Waals surface area contributed by atoms with Crippen molar-refractivity contribution in [3.05, 3.63) is 16.1 Å². The van der Waals surface area contributed by atoms with Crippen molar-refractivity contribution in [2.24, 2.45) is 5.92 Å². The number of thiazole rings is 1. The van der Waals surface area contributed by atoms with E-state index in [1.807, 2.05) is 26.2 Å². The van der Waals surface area contributed by atoms with Crippen molar-refractivity contribution in [1.82, 2.24) is 10.3 Å². The summed E-state index contributed by atoms with van der Waals surface area (Å²) in [7, 11) is 0. The number of thioether (sulfide) groups is 1. The standard InChI is InChI=1S/C13H20N2O3S2/c1-4-8(2)12(13(17)18)15-11(16)7-19-5-10-6-20-9(3)14-10/h6,8,12H,4-5,7H2,1-3H3,(H,15,16)(H,17,18)/t8?,12-/m0/s1. The molecule has 0 fully saturated rings. The van der Waals surface area contributed by atoms with E-state index >= 15 is 0 Å². The molecule has 1 aromatic rings. The minimum atomic E-state index is -0.979. The van der Waals surface area contributed by atoms with Crippen LogP contribution in [0.1, 0.15) is 31.0 Å². The van der Waals surface area contributed by atoms with Gasteiger partial charge < -0.3 is 10.4 Å². The second-order valence-corrected chi connectivity index (χ2v) is 6.67. The number of amides is 1. The number of aryl methyl sites for hydroxylation is 1. The number of hydrogen-bond acceptors (Lipinski definition) is 5. The quantitative estimate of drug-likeness (QED) is 0.769. The molecule has 1 amide bonds. The largest absolute Gasteiger partial charge is 0.480 e. The number of aromatic nitrogens is 1. The lowest BCUT2D eigenvalue weighted by atomic mass is 9.99. The summed E-state index contributed by atoms with van der Waals surface area (Å²) in [5, 5.41) is 14.7. The van der Waals surface area contributed by atoms with Gasteiger partial charge in [-0.2, -0.15) is 0 Å². The van der Waals surface area contributed by atoms with Crippen molar-refractivity contribution in [2.75, 3.05) is 5.75 Å². The molecule has 0 radical (unpaired) electrons. The van der Waals surface area contributed by atoms with Gasteiger partial charge >= 0.3 is 5.97 Å². The second kappa shape index (κ2) is 8.26. The number of nitrogens with one attached hydrogen (secondary N) is 1. The monoisotopic (exact) mass is 316 g/mol. The molecular formula is C13H20N2O3S2. The van der Waals surface area contributed by atoms with E-state index in [9.17, 15) is 9.59 Å². The lowest BCUT2D eigenvalue weighted by Gasteiger charge is -2.19. The minimum absolute atomic E-state index is 0.0809. The summed E-state index contributed by atoms with van der Waals surface area (Å²) < 4.78 is 0. The van der Waals surface area contributed by atoms with Crippen LogP contribution in [0, 0.1) is 12.8 Å². The molecular weight excluding hydrogens is 296 g/mol. The molecule has 0 aliphatic carbocycles. The molecule has 1 unspecified atom stereocenters. The summed E-state index contributed by atoms with van der Waals surface area (Å²) in [4.78, 5) is 27.2. The average Bonchev–Trinajstić information content (AvgIpc) is 2.80. The van der Waals surface area contributed by atoms with Gasteiger partial charge in [-0.15, -0.1) is 23.1 Å². The fourth-order valence-electron chi connectivity index (χ4n) is 1.62. The van der Waals surface area contributed by atoms with E-state index in [-0.39, 0.29) is 17.6 Å². The third-order valence-electron chi connectivity index (χ3n) is 2.95. The van der Waals surface area contributed by atoms with E-state index in [4.69, 9.17) is 5.11 Å². The fourth-order valence-corrected chi connectivity index (χ4v) is 3.07. The molecule has 7 heteroatoms. The van der Waals surface area contributed by atoms with Crippen LogP contribution in [0.5, 0.6) is 0 Å². The highest BCUT2D eigenvalue weighted by atomic mass is 32.2. The molecule has 0 aliphatic heterocycles. The third kappa shape index (κ3) is 5.50. The highest BCUT2D eigenvalue weighted by Crippen LogP contribution is 2.15. The lowest BCUT2D eigenvalue weighted by molar-refractivity contribution is -0.143. The van der Waals surface area contributed by atoms with Crippen LogP contribution in [0.2, 0.25) is 0 Å². The Morgan fingerprint density at radius 1 is 1.55 bits per heavy atom. The molecule has 112 valence electrons. The maximum absolute atomic E-state index is 11.8. The first-order chi connectivity index (χ1) is 9.43. The summed E-state index contributed by atoms with van der Waals surface area (Å²) in [5.41, 5.74) is 0.960. The van der Waals surface area contributed by atoms with Gasteiger partial charge in [0.25, 0.3) is 0 Å². The zero-order valence-electron chi connectivity index (χ0n) is 11.9. The SMILES string of the molecule is CCC(C)[C@H](NC(=O)CSCc1csc(C)n1)C(=O)O. The molecule has 1 heterocycles. The summed E-state index contributed by atoms with van der Waals surface area (Å²) >= 11 is 3.02. The van der Waals surface area contributed by atoms with Gasteiger partial charge in [-0.05, 0) is 12.8 Å². The topological polar surface area (TPSA) is 79.3 Å². The first kappa shape index (κ1) is 17.0. The molecule has 5 nitrogen and oxygen atoms in total. The molecule has 2 atom stereocenters. The summed E-state index contributed by atoms with van der Waals surface area (Å²) in [5.74, 6) is -0.388. The molecule has 0 aliphatic rings. The Labute approximate surface area is 127 Å². The number of carbonyl (C=O) groups excluding carboxylic acids is 1. The number of rotatable bonds is 8. The van der Waals surface area contributed by atoms with Crippen LogP contribution in [0.3, 0.4) is 0 Å². The number of carboxylic acids is 1. The van der Waals surface area contributed by atoms with E-state index in [2.05, 4.69) is 10.3 Å². The van der Waals surface area contributed by atoms with Gasteiger partial charge in [-0.3, -0.25) is 4.79 Å². The van der Waals surface area contributed by atoms with Crippen molar-refractivity contribution in [1.29, 1.82) is 0 Å². The zero-order valence-corrected chi connectivity index (χ0v) is 13.5. The predicted octanol–water partition coefficient (Wildman–Crippen LogP) is 2.30. The van der Waals surface area contributed by atoms with Crippen molar-refractivity contribution in [2.45, 2.75) is 39.0 Å². The maximum atomic E-state index is 11.8. The van der Waals surface area contributed by atoms with Crippen LogP contribution < -0.4 is 5.32 Å².